The van der Waals surface area contributed by atoms with Crippen molar-refractivity contribution in [2.24, 2.45) is 0 Å². The molecule has 130 valence electrons. The van der Waals surface area contributed by atoms with E-state index in [0.29, 0.717) is 5.69 Å². The lowest BCUT2D eigenvalue weighted by atomic mass is 10.1. The summed E-state index contributed by atoms with van der Waals surface area (Å²) in [6.45, 7) is 4.17. The number of fused-ring (bicyclic) bond motifs is 1. The van der Waals surface area contributed by atoms with Crippen LogP contribution < -0.4 is 4.90 Å². The van der Waals surface area contributed by atoms with Crippen molar-refractivity contribution in [2.45, 2.75) is 6.54 Å². The van der Waals surface area contributed by atoms with E-state index in [1.807, 2.05) is 36.4 Å². The summed E-state index contributed by atoms with van der Waals surface area (Å²) < 4.78 is 13.0. The van der Waals surface area contributed by atoms with Gasteiger partial charge in [0, 0.05) is 38.1 Å². The van der Waals surface area contributed by atoms with Crippen molar-refractivity contribution in [3.8, 4) is 6.07 Å². The molecule has 0 radical (unpaired) electrons. The number of benzene rings is 2. The number of hydrogen-bond donors (Lipinski definition) is 0. The fourth-order valence-corrected chi connectivity index (χ4v) is 3.41. The Hall–Kier alpha value is -3.04. The quantitative estimate of drug-likeness (QED) is 0.729. The maximum atomic E-state index is 13.0. The van der Waals surface area contributed by atoms with E-state index in [2.05, 4.69) is 26.1 Å². The third kappa shape index (κ3) is 3.22. The molecule has 1 aromatic heterocycles. The highest BCUT2D eigenvalue weighted by Gasteiger charge is 2.22. The molecular weight excluding hydrogens is 329 g/mol. The monoisotopic (exact) mass is 347 g/mol. The Labute approximate surface area is 151 Å². The molecule has 1 saturated heterocycles. The number of piperazine rings is 1. The summed E-state index contributed by atoms with van der Waals surface area (Å²) in [5.41, 5.74) is 3.15. The van der Waals surface area contributed by atoms with Gasteiger partial charge in [-0.15, -0.1) is 10.2 Å². The van der Waals surface area contributed by atoms with Gasteiger partial charge in [-0.2, -0.15) is 5.26 Å². The molecular formula is C20H18FN5. The summed E-state index contributed by atoms with van der Waals surface area (Å²) in [5.74, 6) is -0.209. The highest BCUT2D eigenvalue weighted by Crippen LogP contribution is 2.28. The molecule has 4 rings (SSSR count). The zero-order valence-corrected chi connectivity index (χ0v) is 14.3. The van der Waals surface area contributed by atoms with Crippen LogP contribution in [0.3, 0.4) is 0 Å². The summed E-state index contributed by atoms with van der Waals surface area (Å²) >= 11 is 0. The van der Waals surface area contributed by atoms with Gasteiger partial charge < -0.3 is 4.90 Å². The smallest absolute Gasteiger partial charge is 0.187 e. The van der Waals surface area contributed by atoms with Gasteiger partial charge in [-0.1, -0.05) is 30.3 Å². The van der Waals surface area contributed by atoms with Crippen molar-refractivity contribution in [1.82, 2.24) is 15.1 Å². The Bertz CT molecular complexity index is 956. The summed E-state index contributed by atoms with van der Waals surface area (Å²) in [5, 5.41) is 18.7. The molecule has 0 spiro atoms. The third-order valence-electron chi connectivity index (χ3n) is 4.76. The molecule has 1 fully saturated rings. The maximum absolute atomic E-state index is 13.0. The molecule has 2 aromatic carbocycles. The van der Waals surface area contributed by atoms with Crippen LogP contribution in [0.4, 0.5) is 10.1 Å². The zero-order valence-electron chi connectivity index (χ0n) is 14.3. The Morgan fingerprint density at radius 2 is 1.69 bits per heavy atom. The molecule has 5 nitrogen and oxygen atoms in total. The van der Waals surface area contributed by atoms with Gasteiger partial charge in [0.25, 0.3) is 0 Å². The first kappa shape index (κ1) is 16.4. The molecule has 1 aliphatic heterocycles. The van der Waals surface area contributed by atoms with Gasteiger partial charge in [-0.05, 0) is 23.8 Å². The van der Waals surface area contributed by atoms with Crippen LogP contribution in [0.15, 0.2) is 48.5 Å². The first-order valence-electron chi connectivity index (χ1n) is 8.62. The predicted molar refractivity (Wildman–Crippen MR) is 98.1 cm³/mol. The van der Waals surface area contributed by atoms with Crippen LogP contribution in [-0.2, 0) is 6.54 Å². The summed E-state index contributed by atoms with van der Waals surface area (Å²) in [7, 11) is 0. The lowest BCUT2D eigenvalue weighted by molar-refractivity contribution is 0.250. The molecule has 6 heteroatoms. The fourth-order valence-electron chi connectivity index (χ4n) is 3.41. The van der Waals surface area contributed by atoms with Crippen LogP contribution in [0, 0.1) is 17.1 Å². The Morgan fingerprint density at radius 3 is 2.42 bits per heavy atom. The standard InChI is InChI=1S/C20H18FN5/c21-16-7-5-15(6-8-16)14-25-9-11-26(12-10-25)20-17-3-1-2-4-18(17)23-24-19(20)13-22/h1-8H,9-12,14H2. The lowest BCUT2D eigenvalue weighted by Crippen LogP contribution is -2.46. The van der Waals surface area contributed by atoms with Gasteiger partial charge in [-0.3, -0.25) is 4.90 Å². The van der Waals surface area contributed by atoms with E-state index in [1.165, 1.54) is 12.1 Å². The van der Waals surface area contributed by atoms with Gasteiger partial charge >= 0.3 is 0 Å². The fraction of sp³-hybridized carbons (Fsp3) is 0.250. The van der Waals surface area contributed by atoms with E-state index < -0.39 is 0 Å². The van der Waals surface area contributed by atoms with Crippen LogP contribution in [-0.4, -0.2) is 41.3 Å². The van der Waals surface area contributed by atoms with Crippen LogP contribution in [0.1, 0.15) is 11.3 Å². The molecule has 0 aliphatic carbocycles. The van der Waals surface area contributed by atoms with Crippen molar-refractivity contribution < 1.29 is 4.39 Å². The number of nitriles is 1. The van der Waals surface area contributed by atoms with Crippen LogP contribution in [0.2, 0.25) is 0 Å². The van der Waals surface area contributed by atoms with Crippen molar-refractivity contribution in [3.63, 3.8) is 0 Å². The van der Waals surface area contributed by atoms with E-state index in [9.17, 15) is 9.65 Å². The second-order valence-corrected chi connectivity index (χ2v) is 6.42. The van der Waals surface area contributed by atoms with Gasteiger partial charge in [0.1, 0.15) is 11.9 Å². The number of halogens is 1. The third-order valence-corrected chi connectivity index (χ3v) is 4.76. The Morgan fingerprint density at radius 1 is 0.962 bits per heavy atom. The van der Waals surface area contributed by atoms with Crippen LogP contribution in [0.25, 0.3) is 10.9 Å². The first-order chi connectivity index (χ1) is 12.7. The summed E-state index contributed by atoms with van der Waals surface area (Å²) in [4.78, 5) is 4.56. The normalized spacial score (nSPS) is 15.2. The minimum atomic E-state index is -0.209. The lowest BCUT2D eigenvalue weighted by Gasteiger charge is -2.36. The van der Waals surface area contributed by atoms with Gasteiger partial charge in [0.2, 0.25) is 0 Å². The second-order valence-electron chi connectivity index (χ2n) is 6.42. The van der Waals surface area contributed by atoms with E-state index >= 15 is 0 Å². The average Bonchev–Trinajstić information content (AvgIpc) is 2.69. The molecule has 0 amide bonds. The molecule has 3 aromatic rings. The minimum Gasteiger partial charge on any atom is -0.366 e. The summed E-state index contributed by atoms with van der Waals surface area (Å²) in [6, 6.07) is 16.6. The molecule has 26 heavy (non-hydrogen) atoms. The van der Waals surface area contributed by atoms with Crippen molar-refractivity contribution in [3.05, 3.63) is 65.6 Å². The van der Waals surface area contributed by atoms with E-state index in [-0.39, 0.29) is 5.82 Å². The van der Waals surface area contributed by atoms with Gasteiger partial charge in [-0.25, -0.2) is 4.39 Å². The summed E-state index contributed by atoms with van der Waals surface area (Å²) in [6.07, 6.45) is 0. The number of rotatable bonds is 3. The van der Waals surface area contributed by atoms with Gasteiger partial charge in [0.05, 0.1) is 11.2 Å². The topological polar surface area (TPSA) is 56.1 Å². The molecule has 0 bridgehead atoms. The minimum absolute atomic E-state index is 0.209. The number of aromatic nitrogens is 2. The molecule has 2 heterocycles. The average molecular weight is 347 g/mol. The Balaban J connectivity index is 1.52. The molecule has 0 saturated carbocycles. The van der Waals surface area contributed by atoms with E-state index in [0.717, 1.165) is 54.9 Å². The highest BCUT2D eigenvalue weighted by atomic mass is 19.1. The SMILES string of the molecule is N#Cc1nnc2ccccc2c1N1CCN(Cc2ccc(F)cc2)CC1. The second kappa shape index (κ2) is 7.06. The van der Waals surface area contributed by atoms with E-state index in [1.54, 1.807) is 0 Å². The van der Waals surface area contributed by atoms with Crippen LogP contribution in [0.5, 0.6) is 0 Å². The Kier molecular flexibility index (Phi) is 4.46. The molecule has 0 N–H and O–H groups in total. The zero-order chi connectivity index (χ0) is 17.9. The van der Waals surface area contributed by atoms with Crippen molar-refractivity contribution in [2.75, 3.05) is 31.1 Å². The van der Waals surface area contributed by atoms with Crippen LogP contribution >= 0.6 is 0 Å². The number of nitrogens with zero attached hydrogens (tertiary/aromatic N) is 5. The van der Waals surface area contributed by atoms with Crippen molar-refractivity contribution >= 4 is 16.6 Å². The molecule has 1 aliphatic rings. The first-order valence-corrected chi connectivity index (χ1v) is 8.62. The predicted octanol–water partition coefficient (Wildman–Crippen LogP) is 2.96. The molecule has 0 atom stereocenters. The van der Waals surface area contributed by atoms with E-state index in [4.69, 9.17) is 0 Å². The number of anilines is 1. The highest BCUT2D eigenvalue weighted by molar-refractivity contribution is 5.93. The molecule has 0 unspecified atom stereocenters. The maximum Gasteiger partial charge on any atom is 0.187 e. The van der Waals surface area contributed by atoms with Gasteiger partial charge in [0.15, 0.2) is 5.69 Å². The van der Waals surface area contributed by atoms with Crippen molar-refractivity contribution in [1.29, 1.82) is 5.26 Å². The largest absolute Gasteiger partial charge is 0.366 e. The number of hydrogen-bond acceptors (Lipinski definition) is 5.